The molecule has 4 nitrogen and oxygen atoms in total. The first-order valence-electron chi connectivity index (χ1n) is 9.36. The van der Waals surface area contributed by atoms with Crippen LogP contribution in [0.15, 0.2) is 18.2 Å². The number of amides is 1. The SMILES string of the molecule is CC1(C)CCN(C(=O)c2ccc(B3OC(C)(C)C(C)(C)O3)c(F)c2)CC1. The van der Waals surface area contributed by atoms with Crippen LogP contribution in [0.25, 0.3) is 0 Å². The fraction of sp³-hybridized carbons (Fsp3) is 0.650. The Kier molecular flexibility index (Phi) is 4.73. The second-order valence-corrected chi connectivity index (χ2v) is 9.28. The maximum atomic E-state index is 14.7. The van der Waals surface area contributed by atoms with Gasteiger partial charge in [-0.3, -0.25) is 4.79 Å². The Balaban J connectivity index is 1.75. The van der Waals surface area contributed by atoms with Crippen LogP contribution in [0.5, 0.6) is 0 Å². The Morgan fingerprint density at radius 2 is 1.58 bits per heavy atom. The number of benzene rings is 1. The molecule has 26 heavy (non-hydrogen) atoms. The number of likely N-dealkylation sites (tertiary alicyclic amines) is 1. The standard InChI is InChI=1S/C20H29BFNO3/c1-18(2)9-11-23(12-10-18)17(24)14-7-8-15(16(22)13-14)21-25-19(3,4)20(5,6)26-21/h7-8,13H,9-12H2,1-6H3. The molecule has 0 radical (unpaired) electrons. The van der Waals surface area contributed by atoms with Crippen LogP contribution < -0.4 is 5.46 Å². The van der Waals surface area contributed by atoms with Crippen LogP contribution in [0.3, 0.4) is 0 Å². The highest BCUT2D eigenvalue weighted by Crippen LogP contribution is 2.36. The predicted octanol–water partition coefficient (Wildman–Crippen LogP) is 3.39. The first-order valence-corrected chi connectivity index (χ1v) is 9.36. The second kappa shape index (κ2) is 6.34. The Morgan fingerprint density at radius 3 is 2.08 bits per heavy atom. The predicted molar refractivity (Wildman–Crippen MR) is 101 cm³/mol. The van der Waals surface area contributed by atoms with Gasteiger partial charge in [-0.05, 0) is 58.1 Å². The van der Waals surface area contributed by atoms with Crippen LogP contribution in [-0.4, -0.2) is 42.2 Å². The molecule has 6 heteroatoms. The van der Waals surface area contributed by atoms with Crippen molar-refractivity contribution >= 4 is 18.5 Å². The number of rotatable bonds is 2. The van der Waals surface area contributed by atoms with E-state index in [0.29, 0.717) is 24.1 Å². The van der Waals surface area contributed by atoms with Crippen LogP contribution in [0.2, 0.25) is 0 Å². The highest BCUT2D eigenvalue weighted by Gasteiger charge is 2.52. The zero-order chi connectivity index (χ0) is 19.3. The third-order valence-corrected chi connectivity index (χ3v) is 6.16. The van der Waals surface area contributed by atoms with Crippen molar-refractivity contribution in [3.05, 3.63) is 29.6 Å². The number of hydrogen-bond acceptors (Lipinski definition) is 3. The van der Waals surface area contributed by atoms with Crippen molar-refractivity contribution < 1.29 is 18.5 Å². The van der Waals surface area contributed by atoms with E-state index in [4.69, 9.17) is 9.31 Å². The van der Waals surface area contributed by atoms with Crippen LogP contribution in [-0.2, 0) is 9.31 Å². The van der Waals surface area contributed by atoms with Crippen LogP contribution >= 0.6 is 0 Å². The Labute approximate surface area is 156 Å². The molecule has 0 unspecified atom stereocenters. The molecule has 2 aliphatic heterocycles. The molecule has 0 aliphatic carbocycles. The summed E-state index contributed by atoms with van der Waals surface area (Å²) in [5.74, 6) is -0.577. The maximum Gasteiger partial charge on any atom is 0.497 e. The Bertz CT molecular complexity index is 691. The molecule has 0 atom stereocenters. The van der Waals surface area contributed by atoms with Gasteiger partial charge in [0.15, 0.2) is 0 Å². The molecular weight excluding hydrogens is 332 g/mol. The van der Waals surface area contributed by atoms with Gasteiger partial charge in [-0.1, -0.05) is 19.9 Å². The second-order valence-electron chi connectivity index (χ2n) is 9.28. The molecule has 0 saturated carbocycles. The van der Waals surface area contributed by atoms with Gasteiger partial charge in [0.1, 0.15) is 5.82 Å². The quantitative estimate of drug-likeness (QED) is 0.758. The summed E-state index contributed by atoms with van der Waals surface area (Å²) in [6, 6.07) is 4.59. The first kappa shape index (κ1) is 19.4. The summed E-state index contributed by atoms with van der Waals surface area (Å²) < 4.78 is 26.6. The van der Waals surface area contributed by atoms with E-state index in [2.05, 4.69) is 13.8 Å². The van der Waals surface area contributed by atoms with E-state index in [0.717, 1.165) is 12.8 Å². The lowest BCUT2D eigenvalue weighted by atomic mass is 9.78. The molecule has 1 amide bonds. The summed E-state index contributed by atoms with van der Waals surface area (Å²) in [5.41, 5.74) is -0.0800. The van der Waals surface area contributed by atoms with E-state index >= 15 is 0 Å². The topological polar surface area (TPSA) is 38.8 Å². The average molecular weight is 361 g/mol. The molecule has 2 heterocycles. The molecule has 2 saturated heterocycles. The van der Waals surface area contributed by atoms with E-state index in [1.165, 1.54) is 6.07 Å². The number of nitrogens with zero attached hydrogens (tertiary/aromatic N) is 1. The molecule has 2 aliphatic rings. The third-order valence-electron chi connectivity index (χ3n) is 6.16. The number of carbonyl (C=O) groups excluding carboxylic acids is 1. The highest BCUT2D eigenvalue weighted by molar-refractivity contribution is 6.62. The summed E-state index contributed by atoms with van der Waals surface area (Å²) in [5, 5.41) is 0. The van der Waals surface area contributed by atoms with Gasteiger partial charge in [0.25, 0.3) is 5.91 Å². The Hall–Kier alpha value is -1.40. The lowest BCUT2D eigenvalue weighted by Crippen LogP contribution is -2.41. The molecule has 1 aromatic carbocycles. The molecule has 0 bridgehead atoms. The average Bonchev–Trinajstić information content (AvgIpc) is 2.74. The number of piperidine rings is 1. The summed E-state index contributed by atoms with van der Waals surface area (Å²) in [6.07, 6.45) is 1.93. The zero-order valence-corrected chi connectivity index (χ0v) is 16.7. The van der Waals surface area contributed by atoms with Crippen molar-refractivity contribution in [2.45, 2.75) is 65.6 Å². The van der Waals surface area contributed by atoms with Crippen molar-refractivity contribution in [3.8, 4) is 0 Å². The minimum Gasteiger partial charge on any atom is -0.399 e. The van der Waals surface area contributed by atoms with Gasteiger partial charge >= 0.3 is 7.12 Å². The number of carbonyl (C=O) groups is 1. The van der Waals surface area contributed by atoms with Gasteiger partial charge in [0.2, 0.25) is 0 Å². The summed E-state index contributed by atoms with van der Waals surface area (Å²) in [4.78, 5) is 14.5. The maximum absolute atomic E-state index is 14.7. The van der Waals surface area contributed by atoms with Crippen molar-refractivity contribution in [2.75, 3.05) is 13.1 Å². The third kappa shape index (κ3) is 3.54. The minimum atomic E-state index is -0.764. The molecule has 2 fully saturated rings. The number of halogens is 1. The van der Waals surface area contributed by atoms with Crippen LogP contribution in [0.4, 0.5) is 4.39 Å². The fourth-order valence-electron chi connectivity index (χ4n) is 3.32. The molecule has 0 spiro atoms. The van der Waals surface area contributed by atoms with Crippen molar-refractivity contribution in [2.24, 2.45) is 5.41 Å². The van der Waals surface area contributed by atoms with E-state index < -0.39 is 24.1 Å². The number of hydrogen-bond donors (Lipinski definition) is 0. The molecule has 142 valence electrons. The van der Waals surface area contributed by atoms with E-state index in [-0.39, 0.29) is 11.3 Å². The van der Waals surface area contributed by atoms with Crippen molar-refractivity contribution in [1.82, 2.24) is 4.90 Å². The molecule has 0 N–H and O–H groups in total. The lowest BCUT2D eigenvalue weighted by molar-refractivity contribution is 0.00578. The summed E-state index contributed by atoms with van der Waals surface area (Å²) >= 11 is 0. The fourth-order valence-corrected chi connectivity index (χ4v) is 3.32. The molecule has 3 rings (SSSR count). The normalized spacial score (nSPS) is 24.0. The van der Waals surface area contributed by atoms with E-state index in [1.807, 2.05) is 32.6 Å². The largest absolute Gasteiger partial charge is 0.497 e. The van der Waals surface area contributed by atoms with Crippen molar-refractivity contribution in [1.29, 1.82) is 0 Å². The monoisotopic (exact) mass is 361 g/mol. The van der Waals surface area contributed by atoms with Gasteiger partial charge < -0.3 is 14.2 Å². The molecular formula is C20H29BFNO3. The highest BCUT2D eigenvalue weighted by atomic mass is 19.1. The summed E-state index contributed by atoms with van der Waals surface area (Å²) in [6.45, 7) is 13.6. The van der Waals surface area contributed by atoms with Gasteiger partial charge in [0, 0.05) is 24.1 Å². The van der Waals surface area contributed by atoms with Gasteiger partial charge in [0.05, 0.1) is 11.2 Å². The smallest absolute Gasteiger partial charge is 0.399 e. The van der Waals surface area contributed by atoms with Gasteiger partial charge in [-0.2, -0.15) is 0 Å². The van der Waals surface area contributed by atoms with Gasteiger partial charge in [-0.25, -0.2) is 4.39 Å². The van der Waals surface area contributed by atoms with Crippen LogP contribution in [0, 0.1) is 11.2 Å². The van der Waals surface area contributed by atoms with Crippen molar-refractivity contribution in [3.63, 3.8) is 0 Å². The Morgan fingerprint density at radius 1 is 1.04 bits per heavy atom. The zero-order valence-electron chi connectivity index (χ0n) is 16.7. The first-order chi connectivity index (χ1) is 11.9. The molecule has 1 aromatic rings. The minimum absolute atomic E-state index is 0.111. The van der Waals surface area contributed by atoms with E-state index in [1.54, 1.807) is 12.1 Å². The lowest BCUT2D eigenvalue weighted by Gasteiger charge is -2.37. The molecule has 0 aromatic heterocycles. The summed E-state index contributed by atoms with van der Waals surface area (Å²) in [7, 11) is -0.764. The van der Waals surface area contributed by atoms with Gasteiger partial charge in [-0.15, -0.1) is 0 Å². The van der Waals surface area contributed by atoms with E-state index in [9.17, 15) is 9.18 Å². The van der Waals surface area contributed by atoms with Crippen LogP contribution in [0.1, 0.15) is 64.7 Å².